The number of nitrogens with one attached hydrogen (secondary N) is 2. The molecular weight excluding hydrogens is 353 g/mol. The van der Waals surface area contributed by atoms with E-state index < -0.39 is 4.92 Å². The van der Waals surface area contributed by atoms with Gasteiger partial charge in [0, 0.05) is 11.8 Å². The molecule has 0 radical (unpaired) electrons. The number of halogens is 2. The van der Waals surface area contributed by atoms with Crippen LogP contribution < -0.4 is 10.2 Å². The van der Waals surface area contributed by atoms with Crippen LogP contribution in [0.15, 0.2) is 42.5 Å². The molecule has 6 nitrogen and oxygen atoms in total. The van der Waals surface area contributed by atoms with Gasteiger partial charge in [-0.05, 0) is 24.3 Å². The van der Waals surface area contributed by atoms with Gasteiger partial charge in [0.1, 0.15) is 6.54 Å². The minimum absolute atomic E-state index is 0.0572. The summed E-state index contributed by atoms with van der Waals surface area (Å²) in [6.45, 7) is 0.526. The van der Waals surface area contributed by atoms with Crippen LogP contribution >= 0.6 is 23.2 Å². The second-order valence-electron chi connectivity index (χ2n) is 5.37. The molecule has 24 heavy (non-hydrogen) atoms. The topological polar surface area (TPSA) is 76.7 Å². The number of nitro groups is 1. The molecule has 2 aromatic rings. The number of carbonyl (C=O) groups excluding carboxylic acids is 1. The van der Waals surface area contributed by atoms with E-state index in [1.54, 1.807) is 43.4 Å². The number of rotatable bonds is 6. The van der Waals surface area contributed by atoms with E-state index in [1.807, 2.05) is 0 Å². The number of para-hydroxylation sites is 1. The molecule has 0 spiro atoms. The highest BCUT2D eigenvalue weighted by molar-refractivity contribution is 6.42. The van der Waals surface area contributed by atoms with Crippen LogP contribution in [0.3, 0.4) is 0 Å². The van der Waals surface area contributed by atoms with Crippen LogP contribution in [0.2, 0.25) is 10.0 Å². The molecule has 0 saturated heterocycles. The molecule has 0 aromatic heterocycles. The number of hydrogen-bond donors (Lipinski definition) is 2. The maximum Gasteiger partial charge on any atom is 0.279 e. The molecule has 0 aliphatic rings. The molecule has 2 rings (SSSR count). The number of amides is 1. The fraction of sp³-hybridized carbons (Fsp3) is 0.188. The monoisotopic (exact) mass is 368 g/mol. The zero-order valence-electron chi connectivity index (χ0n) is 12.9. The van der Waals surface area contributed by atoms with Crippen molar-refractivity contribution in [3.63, 3.8) is 0 Å². The molecule has 0 saturated carbocycles. The molecule has 1 amide bonds. The van der Waals surface area contributed by atoms with Gasteiger partial charge in [0.05, 0.1) is 27.6 Å². The lowest BCUT2D eigenvalue weighted by Gasteiger charge is -2.14. The molecule has 0 aliphatic carbocycles. The van der Waals surface area contributed by atoms with E-state index in [9.17, 15) is 14.9 Å². The summed E-state index contributed by atoms with van der Waals surface area (Å²) in [4.78, 5) is 23.5. The lowest BCUT2D eigenvalue weighted by Crippen LogP contribution is -3.08. The van der Waals surface area contributed by atoms with Crippen molar-refractivity contribution in [3.8, 4) is 0 Å². The number of quaternary nitrogens is 1. The number of nitrogens with zero attached hydrogens (tertiary/aromatic N) is 1. The number of nitro benzene ring substituents is 1. The van der Waals surface area contributed by atoms with Gasteiger partial charge in [-0.2, -0.15) is 0 Å². The first-order valence-corrected chi connectivity index (χ1v) is 7.91. The highest BCUT2D eigenvalue weighted by atomic mass is 35.5. The summed E-state index contributed by atoms with van der Waals surface area (Å²) >= 11 is 11.7. The Morgan fingerprint density at radius 3 is 2.58 bits per heavy atom. The molecule has 126 valence electrons. The van der Waals surface area contributed by atoms with Gasteiger partial charge in [-0.15, -0.1) is 0 Å². The van der Waals surface area contributed by atoms with Crippen LogP contribution in [0.5, 0.6) is 0 Å². The molecule has 0 aliphatic heterocycles. The van der Waals surface area contributed by atoms with E-state index >= 15 is 0 Å². The predicted molar refractivity (Wildman–Crippen MR) is 93.6 cm³/mol. The van der Waals surface area contributed by atoms with Crippen LogP contribution in [0, 0.1) is 10.1 Å². The Morgan fingerprint density at radius 1 is 1.21 bits per heavy atom. The average molecular weight is 369 g/mol. The maximum atomic E-state index is 12.1. The van der Waals surface area contributed by atoms with Crippen LogP contribution in [0.4, 0.5) is 11.4 Å². The Bertz CT molecular complexity index is 768. The van der Waals surface area contributed by atoms with E-state index in [2.05, 4.69) is 5.32 Å². The zero-order chi connectivity index (χ0) is 17.7. The fourth-order valence-corrected chi connectivity index (χ4v) is 2.58. The van der Waals surface area contributed by atoms with Gasteiger partial charge in [-0.25, -0.2) is 0 Å². The summed E-state index contributed by atoms with van der Waals surface area (Å²) in [6, 6.07) is 11.3. The van der Waals surface area contributed by atoms with Crippen LogP contribution in [-0.2, 0) is 11.3 Å². The van der Waals surface area contributed by atoms with E-state index in [1.165, 1.54) is 6.07 Å². The first-order chi connectivity index (χ1) is 11.4. The third-order valence-corrected chi connectivity index (χ3v) is 4.09. The van der Waals surface area contributed by atoms with E-state index in [-0.39, 0.29) is 18.1 Å². The van der Waals surface area contributed by atoms with E-state index in [0.29, 0.717) is 27.8 Å². The highest BCUT2D eigenvalue weighted by Crippen LogP contribution is 2.24. The normalized spacial score (nSPS) is 11.8. The minimum Gasteiger partial charge on any atom is -0.326 e. The quantitative estimate of drug-likeness (QED) is 0.607. The number of benzene rings is 2. The molecule has 0 bridgehead atoms. The van der Waals surface area contributed by atoms with Crippen LogP contribution in [-0.4, -0.2) is 24.4 Å². The highest BCUT2D eigenvalue weighted by Gasteiger charge is 2.18. The molecular formula is C16H16Cl2N3O3+. The van der Waals surface area contributed by atoms with Gasteiger partial charge in [-0.1, -0.05) is 35.3 Å². The van der Waals surface area contributed by atoms with Crippen molar-refractivity contribution >= 4 is 40.5 Å². The fourth-order valence-electron chi connectivity index (χ4n) is 2.28. The first kappa shape index (κ1) is 18.2. The van der Waals surface area contributed by atoms with Gasteiger partial charge in [0.2, 0.25) is 0 Å². The third-order valence-electron chi connectivity index (χ3n) is 3.35. The Labute approximate surface area is 149 Å². The molecule has 0 heterocycles. The summed E-state index contributed by atoms with van der Waals surface area (Å²) in [5.41, 5.74) is 1.19. The van der Waals surface area contributed by atoms with Crippen molar-refractivity contribution in [2.45, 2.75) is 6.54 Å². The Morgan fingerprint density at radius 2 is 1.92 bits per heavy atom. The van der Waals surface area contributed by atoms with Gasteiger partial charge in [-0.3, -0.25) is 14.9 Å². The molecule has 2 N–H and O–H groups in total. The number of likely N-dealkylation sites (N-methyl/N-ethyl adjacent to an activating group) is 1. The second kappa shape index (κ2) is 8.10. The van der Waals surface area contributed by atoms with E-state index in [4.69, 9.17) is 23.2 Å². The smallest absolute Gasteiger partial charge is 0.279 e. The first-order valence-electron chi connectivity index (χ1n) is 7.15. The number of carbonyl (C=O) groups is 1. The van der Waals surface area contributed by atoms with Crippen molar-refractivity contribution < 1.29 is 14.6 Å². The summed E-state index contributed by atoms with van der Waals surface area (Å²) in [5, 5.41) is 14.5. The van der Waals surface area contributed by atoms with Gasteiger partial charge >= 0.3 is 0 Å². The van der Waals surface area contributed by atoms with Gasteiger partial charge < -0.3 is 10.2 Å². The Kier molecular flexibility index (Phi) is 6.14. The SMILES string of the molecule is C[NH+](CC(=O)Nc1ccc(Cl)c(Cl)c1)Cc1ccccc1[N+](=O)[O-]. The predicted octanol–water partition coefficient (Wildman–Crippen LogP) is 2.56. The van der Waals surface area contributed by atoms with Gasteiger partial charge in [0.15, 0.2) is 6.54 Å². The zero-order valence-corrected chi connectivity index (χ0v) is 14.4. The van der Waals surface area contributed by atoms with E-state index in [0.717, 1.165) is 4.90 Å². The average Bonchev–Trinajstić information content (AvgIpc) is 2.51. The Hall–Kier alpha value is -2.15. The number of hydrogen-bond acceptors (Lipinski definition) is 3. The molecule has 8 heteroatoms. The van der Waals surface area contributed by atoms with Crippen molar-refractivity contribution in [1.82, 2.24) is 0 Å². The summed E-state index contributed by atoms with van der Waals surface area (Å²) in [6.07, 6.45) is 0. The van der Waals surface area contributed by atoms with Crippen molar-refractivity contribution in [3.05, 3.63) is 68.2 Å². The van der Waals surface area contributed by atoms with Crippen molar-refractivity contribution in [2.75, 3.05) is 18.9 Å². The third kappa shape index (κ3) is 4.92. The second-order valence-corrected chi connectivity index (χ2v) is 6.19. The summed E-state index contributed by atoms with van der Waals surface area (Å²) in [5.74, 6) is -0.218. The lowest BCUT2D eigenvalue weighted by atomic mass is 10.1. The molecule has 1 unspecified atom stereocenters. The minimum atomic E-state index is -0.418. The van der Waals surface area contributed by atoms with Crippen LogP contribution in [0.25, 0.3) is 0 Å². The largest absolute Gasteiger partial charge is 0.326 e. The van der Waals surface area contributed by atoms with Gasteiger partial charge in [0.25, 0.3) is 11.6 Å². The van der Waals surface area contributed by atoms with Crippen molar-refractivity contribution in [1.29, 1.82) is 0 Å². The molecule has 1 atom stereocenters. The Balaban J connectivity index is 1.97. The molecule has 2 aromatic carbocycles. The van der Waals surface area contributed by atoms with Crippen molar-refractivity contribution in [2.24, 2.45) is 0 Å². The number of anilines is 1. The summed E-state index contributed by atoms with van der Waals surface area (Å²) < 4.78 is 0. The molecule has 0 fully saturated rings. The summed E-state index contributed by atoms with van der Waals surface area (Å²) in [7, 11) is 1.80. The maximum absolute atomic E-state index is 12.1. The lowest BCUT2D eigenvalue weighted by molar-refractivity contribution is -0.885. The van der Waals surface area contributed by atoms with Crippen LogP contribution in [0.1, 0.15) is 5.56 Å². The standard InChI is InChI=1S/C16H15Cl2N3O3/c1-20(9-11-4-2-3-5-15(11)21(23)24)10-16(22)19-12-6-7-13(17)14(18)8-12/h2-8H,9-10H2,1H3,(H,19,22)/p+1.